The number of amides is 1. The Morgan fingerprint density at radius 3 is 2.47 bits per heavy atom. The van der Waals surface area contributed by atoms with Crippen LogP contribution in [0.4, 0.5) is 0 Å². The Morgan fingerprint density at radius 1 is 1.26 bits per heavy atom. The second kappa shape index (κ2) is 5.63. The Labute approximate surface area is 121 Å². The van der Waals surface area contributed by atoms with E-state index in [9.17, 15) is 4.79 Å². The lowest BCUT2D eigenvalue weighted by atomic mass is 10.2. The summed E-state index contributed by atoms with van der Waals surface area (Å²) in [5.41, 5.74) is 0.867. The van der Waals surface area contributed by atoms with E-state index < -0.39 is 0 Å². The molecule has 1 saturated heterocycles. The number of ether oxygens (including phenoxy) is 2. The summed E-state index contributed by atoms with van der Waals surface area (Å²) < 4.78 is 11.0. The molecule has 2 rings (SSSR count). The Kier molecular flexibility index (Phi) is 4.11. The Hall–Kier alpha value is -1.53. The van der Waals surface area contributed by atoms with E-state index in [1.165, 1.54) is 16.7 Å². The molecule has 0 bridgehead atoms. The van der Waals surface area contributed by atoms with Crippen molar-refractivity contribution in [2.45, 2.75) is 0 Å². The summed E-state index contributed by atoms with van der Waals surface area (Å²) in [7, 11) is 4.83. The van der Waals surface area contributed by atoms with Crippen molar-refractivity contribution in [2.24, 2.45) is 0 Å². The number of thioether (sulfide) groups is 1. The average Bonchev–Trinajstić information content (AvgIpc) is 2.66. The molecule has 0 aliphatic carbocycles. The molecule has 0 spiro atoms. The van der Waals surface area contributed by atoms with Gasteiger partial charge < -0.3 is 9.47 Å². The molecule has 1 heterocycles. The summed E-state index contributed by atoms with van der Waals surface area (Å²) in [6.45, 7) is 0. The van der Waals surface area contributed by atoms with Gasteiger partial charge in [0, 0.05) is 7.05 Å². The van der Waals surface area contributed by atoms with Crippen LogP contribution >= 0.6 is 24.0 Å². The number of thiocarbonyl (C=S) groups is 1. The number of carbonyl (C=O) groups is 1. The van der Waals surface area contributed by atoms with E-state index in [-0.39, 0.29) is 5.91 Å². The van der Waals surface area contributed by atoms with Gasteiger partial charge in [-0.3, -0.25) is 9.69 Å². The molecule has 4 nitrogen and oxygen atoms in total. The second-order valence-corrected chi connectivity index (χ2v) is 5.53. The van der Waals surface area contributed by atoms with Gasteiger partial charge in [-0.25, -0.2) is 0 Å². The number of carbonyl (C=O) groups excluding carboxylic acids is 1. The lowest BCUT2D eigenvalue weighted by Crippen LogP contribution is -2.22. The van der Waals surface area contributed by atoms with Gasteiger partial charge in [0.15, 0.2) is 11.5 Å². The van der Waals surface area contributed by atoms with Gasteiger partial charge in [0.1, 0.15) is 4.32 Å². The summed E-state index contributed by atoms with van der Waals surface area (Å²) in [4.78, 5) is 14.0. The van der Waals surface area contributed by atoms with Gasteiger partial charge in [-0.05, 0) is 23.8 Å². The Morgan fingerprint density at radius 2 is 1.95 bits per heavy atom. The molecule has 19 heavy (non-hydrogen) atoms. The SMILES string of the molecule is COc1ccc(/C=C2\SC(=S)N(C)C2=O)cc1OC. The number of nitrogens with zero attached hydrogens (tertiary/aromatic N) is 1. The summed E-state index contributed by atoms with van der Waals surface area (Å²) in [5.74, 6) is 1.20. The fraction of sp³-hybridized carbons (Fsp3) is 0.231. The van der Waals surface area contributed by atoms with E-state index in [2.05, 4.69) is 0 Å². The van der Waals surface area contributed by atoms with Crippen LogP contribution in [0.2, 0.25) is 0 Å². The van der Waals surface area contributed by atoms with Crippen molar-refractivity contribution >= 4 is 40.3 Å². The summed E-state index contributed by atoms with van der Waals surface area (Å²) in [6, 6.07) is 5.49. The van der Waals surface area contributed by atoms with Crippen molar-refractivity contribution < 1.29 is 14.3 Å². The Balaban J connectivity index is 2.34. The third-order valence-corrected chi connectivity index (χ3v) is 4.18. The smallest absolute Gasteiger partial charge is 0.265 e. The standard InChI is InChI=1S/C13H13NO3S2/c1-14-12(15)11(19-13(14)18)7-8-4-5-9(16-2)10(6-8)17-3/h4-7H,1-3H3/b11-7-. The molecule has 1 aliphatic rings. The van der Waals surface area contributed by atoms with E-state index in [4.69, 9.17) is 21.7 Å². The lowest BCUT2D eigenvalue weighted by Gasteiger charge is -2.08. The van der Waals surface area contributed by atoms with Crippen molar-refractivity contribution in [1.82, 2.24) is 4.90 Å². The van der Waals surface area contributed by atoms with E-state index in [0.717, 1.165) is 5.56 Å². The highest BCUT2D eigenvalue weighted by molar-refractivity contribution is 8.26. The average molecular weight is 295 g/mol. The van der Waals surface area contributed by atoms with Crippen LogP contribution in [0, 0.1) is 0 Å². The van der Waals surface area contributed by atoms with Crippen molar-refractivity contribution in [3.05, 3.63) is 28.7 Å². The van der Waals surface area contributed by atoms with E-state index in [1.807, 2.05) is 12.1 Å². The number of hydrogen-bond donors (Lipinski definition) is 0. The van der Waals surface area contributed by atoms with Crippen LogP contribution < -0.4 is 9.47 Å². The monoisotopic (exact) mass is 295 g/mol. The molecule has 100 valence electrons. The molecule has 1 aromatic carbocycles. The predicted molar refractivity (Wildman–Crippen MR) is 80.5 cm³/mol. The maximum Gasteiger partial charge on any atom is 0.265 e. The van der Waals surface area contributed by atoms with Crippen molar-refractivity contribution in [3.63, 3.8) is 0 Å². The van der Waals surface area contributed by atoms with E-state index in [0.29, 0.717) is 20.7 Å². The highest BCUT2D eigenvalue weighted by Crippen LogP contribution is 2.33. The minimum Gasteiger partial charge on any atom is -0.493 e. The summed E-state index contributed by atoms with van der Waals surface area (Å²) in [5, 5.41) is 0. The molecule has 1 fully saturated rings. The van der Waals surface area contributed by atoms with E-state index in [1.54, 1.807) is 33.4 Å². The predicted octanol–water partition coefficient (Wildman–Crippen LogP) is 2.53. The normalized spacial score (nSPS) is 17.2. The minimum absolute atomic E-state index is 0.0789. The van der Waals surface area contributed by atoms with Gasteiger partial charge in [-0.15, -0.1) is 0 Å². The van der Waals surface area contributed by atoms with Gasteiger partial charge in [-0.2, -0.15) is 0 Å². The molecule has 0 aromatic heterocycles. The van der Waals surface area contributed by atoms with Gasteiger partial charge in [0.05, 0.1) is 19.1 Å². The van der Waals surface area contributed by atoms with Crippen LogP contribution in [0.1, 0.15) is 5.56 Å². The van der Waals surface area contributed by atoms with E-state index >= 15 is 0 Å². The quantitative estimate of drug-likeness (QED) is 0.633. The lowest BCUT2D eigenvalue weighted by molar-refractivity contribution is -0.121. The van der Waals surface area contributed by atoms with Crippen molar-refractivity contribution in [1.29, 1.82) is 0 Å². The van der Waals surface area contributed by atoms with Crippen LogP contribution in [0.3, 0.4) is 0 Å². The fourth-order valence-corrected chi connectivity index (χ4v) is 2.82. The maximum atomic E-state index is 11.9. The molecule has 1 amide bonds. The fourth-order valence-electron chi connectivity index (χ4n) is 1.64. The number of hydrogen-bond acceptors (Lipinski definition) is 5. The first-order valence-electron chi connectivity index (χ1n) is 5.50. The first-order chi connectivity index (χ1) is 9.06. The highest BCUT2D eigenvalue weighted by atomic mass is 32.2. The van der Waals surface area contributed by atoms with Crippen LogP contribution in [0.25, 0.3) is 6.08 Å². The van der Waals surface area contributed by atoms with Gasteiger partial charge in [-0.1, -0.05) is 30.0 Å². The molecule has 0 saturated carbocycles. The summed E-state index contributed by atoms with van der Waals surface area (Å²) >= 11 is 6.38. The first-order valence-corrected chi connectivity index (χ1v) is 6.73. The van der Waals surface area contributed by atoms with Crippen LogP contribution in [-0.4, -0.2) is 36.4 Å². The molecular formula is C13H13NO3S2. The molecule has 0 radical (unpaired) electrons. The molecule has 0 unspecified atom stereocenters. The third kappa shape index (κ3) is 2.74. The largest absolute Gasteiger partial charge is 0.493 e. The first kappa shape index (κ1) is 13.9. The molecule has 1 aromatic rings. The van der Waals surface area contributed by atoms with Crippen LogP contribution in [0.15, 0.2) is 23.1 Å². The number of benzene rings is 1. The third-order valence-electron chi connectivity index (χ3n) is 2.69. The molecular weight excluding hydrogens is 282 g/mol. The Bertz CT molecular complexity index is 569. The number of rotatable bonds is 3. The van der Waals surface area contributed by atoms with Gasteiger partial charge >= 0.3 is 0 Å². The molecule has 6 heteroatoms. The number of methoxy groups -OCH3 is 2. The van der Waals surface area contributed by atoms with Crippen molar-refractivity contribution in [2.75, 3.05) is 21.3 Å². The zero-order chi connectivity index (χ0) is 14.0. The maximum absolute atomic E-state index is 11.9. The van der Waals surface area contributed by atoms with Gasteiger partial charge in [0.25, 0.3) is 5.91 Å². The second-order valence-electron chi connectivity index (χ2n) is 3.86. The summed E-state index contributed by atoms with van der Waals surface area (Å²) in [6.07, 6.45) is 1.80. The van der Waals surface area contributed by atoms with Crippen LogP contribution in [-0.2, 0) is 4.79 Å². The zero-order valence-corrected chi connectivity index (χ0v) is 12.4. The zero-order valence-electron chi connectivity index (χ0n) is 10.8. The molecule has 1 aliphatic heterocycles. The van der Waals surface area contributed by atoms with Crippen LogP contribution in [0.5, 0.6) is 11.5 Å². The molecule has 0 N–H and O–H groups in total. The highest BCUT2D eigenvalue weighted by Gasteiger charge is 2.28. The van der Waals surface area contributed by atoms with Crippen molar-refractivity contribution in [3.8, 4) is 11.5 Å². The molecule has 0 atom stereocenters. The topological polar surface area (TPSA) is 38.8 Å². The minimum atomic E-state index is -0.0789. The van der Waals surface area contributed by atoms with Gasteiger partial charge in [0.2, 0.25) is 0 Å². The number of likely N-dealkylation sites (N-methyl/N-ethyl adjacent to an activating group) is 1.